The molecule has 0 saturated carbocycles. The molecule has 4 aromatic rings. The van der Waals surface area contributed by atoms with Crippen molar-refractivity contribution in [3.63, 3.8) is 0 Å². The predicted molar refractivity (Wildman–Crippen MR) is 136 cm³/mol. The van der Waals surface area contributed by atoms with Gasteiger partial charge in [-0.3, -0.25) is 14.6 Å². The van der Waals surface area contributed by atoms with Gasteiger partial charge in [0, 0.05) is 40.7 Å². The fraction of sp³-hybridized carbons (Fsp3) is 0.308. The summed E-state index contributed by atoms with van der Waals surface area (Å²) in [5.41, 5.74) is 3.54. The standard InChI is InChI=1S/C26H27N5O3S/c1-16-13-18(20-5-3-4-6-22(20)27-16)15-34-19-9-7-17(8-10-19)24(32)28-23-11-12-31(2)14-21(23)25-29-30-26(33)35-25/h3-10,13,21,23H,11-12,14-15H2,1-2H3,(H,28,32)(H,30,33). The van der Waals surface area contributed by atoms with Crippen molar-refractivity contribution < 1.29 is 9.53 Å². The van der Waals surface area contributed by atoms with Gasteiger partial charge in [-0.1, -0.05) is 29.5 Å². The average Bonchev–Trinajstić information content (AvgIpc) is 3.30. The summed E-state index contributed by atoms with van der Waals surface area (Å²) in [6, 6.07) is 17.2. The second-order valence-electron chi connectivity index (χ2n) is 8.94. The van der Waals surface area contributed by atoms with Crippen LogP contribution in [-0.2, 0) is 6.61 Å². The number of aryl methyl sites for hydroxylation is 1. The third-order valence-corrected chi connectivity index (χ3v) is 7.22. The molecule has 0 spiro atoms. The van der Waals surface area contributed by atoms with Gasteiger partial charge in [0.2, 0.25) is 0 Å². The summed E-state index contributed by atoms with van der Waals surface area (Å²) in [5, 5.41) is 11.6. The first-order chi connectivity index (χ1) is 17.0. The van der Waals surface area contributed by atoms with Crippen LogP contribution in [0.3, 0.4) is 0 Å². The smallest absolute Gasteiger partial charge is 0.322 e. The molecule has 8 nitrogen and oxygen atoms in total. The number of hydrogen-bond donors (Lipinski definition) is 2. The zero-order chi connectivity index (χ0) is 24.4. The summed E-state index contributed by atoms with van der Waals surface area (Å²) in [4.78, 5) is 31.2. The number of amides is 1. The second kappa shape index (κ2) is 9.97. The first-order valence-corrected chi connectivity index (χ1v) is 12.4. The molecule has 1 aliphatic heterocycles. The number of aromatic amines is 1. The maximum absolute atomic E-state index is 13.0. The van der Waals surface area contributed by atoms with E-state index in [4.69, 9.17) is 4.74 Å². The van der Waals surface area contributed by atoms with Crippen LogP contribution in [0.1, 0.15) is 39.0 Å². The molecule has 2 atom stereocenters. The summed E-state index contributed by atoms with van der Waals surface area (Å²) in [6.45, 7) is 4.00. The highest BCUT2D eigenvalue weighted by atomic mass is 32.1. The number of para-hydroxylation sites is 1. The molecule has 1 fully saturated rings. The van der Waals surface area contributed by atoms with E-state index in [9.17, 15) is 9.59 Å². The van der Waals surface area contributed by atoms with E-state index in [-0.39, 0.29) is 22.7 Å². The van der Waals surface area contributed by atoms with Crippen molar-refractivity contribution in [1.82, 2.24) is 25.4 Å². The highest BCUT2D eigenvalue weighted by Gasteiger charge is 2.32. The van der Waals surface area contributed by atoms with Crippen molar-refractivity contribution >= 4 is 28.1 Å². The van der Waals surface area contributed by atoms with Crippen LogP contribution >= 0.6 is 11.3 Å². The molecule has 3 heterocycles. The van der Waals surface area contributed by atoms with Crippen molar-refractivity contribution in [1.29, 1.82) is 0 Å². The minimum atomic E-state index is -0.177. The maximum Gasteiger partial charge on any atom is 0.322 e. The molecule has 2 aromatic carbocycles. The summed E-state index contributed by atoms with van der Waals surface area (Å²) in [6.07, 6.45) is 0.793. The topological polar surface area (TPSA) is 100 Å². The van der Waals surface area contributed by atoms with E-state index >= 15 is 0 Å². The molecule has 0 bridgehead atoms. The number of H-pyrrole nitrogens is 1. The Hall–Kier alpha value is -3.56. The largest absolute Gasteiger partial charge is 0.489 e. The number of pyridine rings is 1. The summed E-state index contributed by atoms with van der Waals surface area (Å²) in [5.74, 6) is 0.524. The number of carbonyl (C=O) groups is 1. The van der Waals surface area contributed by atoms with Gasteiger partial charge >= 0.3 is 4.87 Å². The zero-order valence-electron chi connectivity index (χ0n) is 19.7. The number of ether oxygens (including phenoxy) is 1. The van der Waals surface area contributed by atoms with Crippen molar-refractivity contribution in [2.24, 2.45) is 0 Å². The fourth-order valence-corrected chi connectivity index (χ4v) is 5.33. The molecule has 35 heavy (non-hydrogen) atoms. The van der Waals surface area contributed by atoms with E-state index in [1.807, 2.05) is 56.4 Å². The first kappa shape index (κ1) is 23.2. The Morgan fingerprint density at radius 3 is 2.80 bits per heavy atom. The number of benzene rings is 2. The Morgan fingerprint density at radius 2 is 2.03 bits per heavy atom. The molecular formula is C26H27N5O3S. The number of nitrogens with one attached hydrogen (secondary N) is 2. The number of piperidine rings is 1. The first-order valence-electron chi connectivity index (χ1n) is 11.6. The summed E-state index contributed by atoms with van der Waals surface area (Å²) < 4.78 is 6.02. The van der Waals surface area contributed by atoms with Crippen LogP contribution in [0.4, 0.5) is 0 Å². The van der Waals surface area contributed by atoms with Gasteiger partial charge in [0.15, 0.2) is 0 Å². The van der Waals surface area contributed by atoms with Crippen LogP contribution in [0.25, 0.3) is 10.9 Å². The zero-order valence-corrected chi connectivity index (χ0v) is 20.5. The van der Waals surface area contributed by atoms with Crippen molar-refractivity contribution in [2.45, 2.75) is 31.9 Å². The number of rotatable bonds is 6. The summed E-state index contributed by atoms with van der Waals surface area (Å²) >= 11 is 1.11. The minimum absolute atomic E-state index is 0.0251. The molecule has 1 amide bonds. The SMILES string of the molecule is Cc1cc(COc2ccc(C(=O)NC3CCN(C)CC3c3n[nH]c(=O)s3)cc2)c2ccccc2n1. The Balaban J connectivity index is 1.25. The van der Waals surface area contributed by atoms with Gasteiger partial charge in [-0.05, 0) is 63.3 Å². The van der Waals surface area contributed by atoms with Gasteiger partial charge in [-0.15, -0.1) is 0 Å². The fourth-order valence-electron chi connectivity index (χ4n) is 4.57. The number of aromatic nitrogens is 3. The van der Waals surface area contributed by atoms with Gasteiger partial charge in [0.1, 0.15) is 17.4 Å². The Labute approximate surface area is 207 Å². The number of hydrogen-bond acceptors (Lipinski definition) is 7. The van der Waals surface area contributed by atoms with E-state index < -0.39 is 0 Å². The lowest BCUT2D eigenvalue weighted by molar-refractivity contribution is 0.0904. The number of likely N-dealkylation sites (tertiary alicyclic amines) is 1. The van der Waals surface area contributed by atoms with Crippen molar-refractivity contribution in [3.8, 4) is 5.75 Å². The van der Waals surface area contributed by atoms with Crippen molar-refractivity contribution in [2.75, 3.05) is 20.1 Å². The molecular weight excluding hydrogens is 462 g/mol. The van der Waals surface area contributed by atoms with Gasteiger partial charge in [0.25, 0.3) is 5.91 Å². The minimum Gasteiger partial charge on any atom is -0.489 e. The van der Waals surface area contributed by atoms with Crippen LogP contribution in [0.15, 0.2) is 59.4 Å². The molecule has 0 radical (unpaired) electrons. The van der Waals surface area contributed by atoms with Crippen LogP contribution < -0.4 is 14.9 Å². The molecule has 1 saturated heterocycles. The van der Waals surface area contributed by atoms with E-state index in [1.54, 1.807) is 12.1 Å². The maximum atomic E-state index is 13.0. The summed E-state index contributed by atoms with van der Waals surface area (Å²) in [7, 11) is 2.04. The van der Waals surface area contributed by atoms with Crippen LogP contribution in [0, 0.1) is 6.92 Å². The molecule has 0 aliphatic carbocycles. The quantitative estimate of drug-likeness (QED) is 0.430. The van der Waals surface area contributed by atoms with Gasteiger partial charge in [-0.2, -0.15) is 5.10 Å². The highest BCUT2D eigenvalue weighted by molar-refractivity contribution is 7.08. The van der Waals surface area contributed by atoms with Gasteiger partial charge in [0.05, 0.1) is 5.52 Å². The second-order valence-corrected chi connectivity index (χ2v) is 9.93. The number of likely N-dealkylation sites (N-methyl/N-ethyl adjacent to an activating group) is 1. The lowest BCUT2D eigenvalue weighted by Gasteiger charge is -2.35. The molecule has 180 valence electrons. The van der Waals surface area contributed by atoms with E-state index in [0.717, 1.165) is 58.0 Å². The Kier molecular flexibility index (Phi) is 6.61. The van der Waals surface area contributed by atoms with Crippen LogP contribution in [0.5, 0.6) is 5.75 Å². The Bertz CT molecular complexity index is 1400. The average molecular weight is 490 g/mol. The van der Waals surface area contributed by atoms with Crippen LogP contribution in [0.2, 0.25) is 0 Å². The Morgan fingerprint density at radius 1 is 1.23 bits per heavy atom. The third kappa shape index (κ3) is 5.26. The van der Waals surface area contributed by atoms with E-state index in [0.29, 0.717) is 17.9 Å². The number of carbonyl (C=O) groups excluding carboxylic acids is 1. The predicted octanol–water partition coefficient (Wildman–Crippen LogP) is 3.48. The molecule has 2 aromatic heterocycles. The van der Waals surface area contributed by atoms with Crippen molar-refractivity contribution in [3.05, 3.63) is 86.1 Å². The van der Waals surface area contributed by atoms with E-state index in [2.05, 4.69) is 25.4 Å². The molecule has 1 aliphatic rings. The highest BCUT2D eigenvalue weighted by Crippen LogP contribution is 2.27. The molecule has 5 rings (SSSR count). The monoisotopic (exact) mass is 489 g/mol. The third-order valence-electron chi connectivity index (χ3n) is 6.35. The lowest BCUT2D eigenvalue weighted by Crippen LogP contribution is -2.48. The van der Waals surface area contributed by atoms with E-state index in [1.165, 1.54) is 0 Å². The molecule has 2 N–H and O–H groups in total. The lowest BCUT2D eigenvalue weighted by atomic mass is 9.92. The van der Waals surface area contributed by atoms with Gasteiger partial charge in [-0.25, -0.2) is 5.10 Å². The number of fused-ring (bicyclic) bond motifs is 1. The van der Waals surface area contributed by atoms with Gasteiger partial charge < -0.3 is 15.0 Å². The normalized spacial score (nSPS) is 18.5. The van der Waals surface area contributed by atoms with Crippen LogP contribution in [-0.4, -0.2) is 52.2 Å². The molecule has 9 heteroatoms. The molecule has 2 unspecified atom stereocenters. The number of nitrogens with zero attached hydrogens (tertiary/aromatic N) is 3.